The molecule has 0 unspecified atom stereocenters. The normalized spacial score (nSPS) is 11.8. The second-order valence-corrected chi connectivity index (χ2v) is 11.8. The number of carbonyl (C=O) groups excluding carboxylic acids is 2. The molecule has 4 rings (SSSR count). The molecule has 218 valence electrons. The van der Waals surface area contributed by atoms with E-state index in [1.54, 1.807) is 24.3 Å². The minimum Gasteiger partial charge on any atom is -0.489 e. The molecule has 0 aliphatic heterocycles. The molecule has 0 spiro atoms. The van der Waals surface area contributed by atoms with Crippen LogP contribution in [0.15, 0.2) is 115 Å². The van der Waals surface area contributed by atoms with Gasteiger partial charge in [0.1, 0.15) is 24.9 Å². The highest BCUT2D eigenvalue weighted by molar-refractivity contribution is 7.92. The van der Waals surface area contributed by atoms with Crippen LogP contribution >= 0.6 is 0 Å². The van der Waals surface area contributed by atoms with E-state index >= 15 is 0 Å². The number of likely N-dealkylation sites (N-methyl/N-ethyl adjacent to an activating group) is 1. The fourth-order valence-electron chi connectivity index (χ4n) is 4.56. The van der Waals surface area contributed by atoms with Gasteiger partial charge in [-0.15, -0.1) is 0 Å². The Kier molecular flexibility index (Phi) is 10.3. The Morgan fingerprint density at radius 2 is 1.29 bits per heavy atom. The van der Waals surface area contributed by atoms with Crippen molar-refractivity contribution in [3.05, 3.63) is 132 Å². The molecule has 0 fully saturated rings. The number of hydrogen-bond donors (Lipinski definition) is 1. The summed E-state index contributed by atoms with van der Waals surface area (Å²) in [5, 5.41) is 2.67. The van der Waals surface area contributed by atoms with E-state index in [4.69, 9.17) is 4.74 Å². The summed E-state index contributed by atoms with van der Waals surface area (Å²) < 4.78 is 32.8. The molecule has 0 saturated carbocycles. The van der Waals surface area contributed by atoms with Crippen LogP contribution in [0.4, 0.5) is 5.69 Å². The summed E-state index contributed by atoms with van der Waals surface area (Å²) in [6.07, 6.45) is 1.33. The number of benzene rings is 4. The number of ether oxygens (including phenoxy) is 1. The van der Waals surface area contributed by atoms with Crippen LogP contribution in [0.1, 0.15) is 16.7 Å². The Hall–Kier alpha value is -4.63. The summed E-state index contributed by atoms with van der Waals surface area (Å²) in [6.45, 7) is 0.0256. The smallest absolute Gasteiger partial charge is 0.244 e. The van der Waals surface area contributed by atoms with Crippen LogP contribution in [0, 0.1) is 0 Å². The van der Waals surface area contributed by atoms with Crippen molar-refractivity contribution in [2.24, 2.45) is 0 Å². The topological polar surface area (TPSA) is 96.0 Å². The van der Waals surface area contributed by atoms with Crippen molar-refractivity contribution in [1.82, 2.24) is 10.2 Å². The number of rotatable bonds is 13. The first kappa shape index (κ1) is 30.3. The van der Waals surface area contributed by atoms with Crippen LogP contribution in [-0.4, -0.2) is 51.0 Å². The zero-order valence-corrected chi connectivity index (χ0v) is 24.5. The first-order chi connectivity index (χ1) is 20.2. The monoisotopic (exact) mass is 585 g/mol. The SMILES string of the molecule is CNC(=O)[C@H](Cc1ccccc1)N(Cc1ccccc1)C(=O)CN(c1ccc(OCc2ccccc2)cc1)S(C)(=O)=O. The van der Waals surface area contributed by atoms with Crippen LogP contribution in [0.3, 0.4) is 0 Å². The Morgan fingerprint density at radius 1 is 0.762 bits per heavy atom. The lowest BCUT2D eigenvalue weighted by atomic mass is 10.0. The molecule has 0 aliphatic carbocycles. The highest BCUT2D eigenvalue weighted by Gasteiger charge is 2.32. The van der Waals surface area contributed by atoms with Crippen LogP contribution in [0.2, 0.25) is 0 Å². The average Bonchev–Trinajstić information content (AvgIpc) is 3.01. The van der Waals surface area contributed by atoms with Crippen molar-refractivity contribution in [3.63, 3.8) is 0 Å². The quantitative estimate of drug-likeness (QED) is 0.251. The molecule has 0 aromatic heterocycles. The van der Waals surface area contributed by atoms with E-state index < -0.39 is 28.5 Å². The third kappa shape index (κ3) is 8.44. The van der Waals surface area contributed by atoms with Gasteiger partial charge in [-0.1, -0.05) is 91.0 Å². The molecule has 0 radical (unpaired) electrons. The minimum absolute atomic E-state index is 0.133. The molecule has 0 heterocycles. The Bertz CT molecular complexity index is 1550. The highest BCUT2D eigenvalue weighted by Crippen LogP contribution is 2.24. The third-order valence-corrected chi connectivity index (χ3v) is 7.91. The third-order valence-electron chi connectivity index (χ3n) is 6.77. The largest absolute Gasteiger partial charge is 0.489 e. The summed E-state index contributed by atoms with van der Waals surface area (Å²) in [6, 6.07) is 34.1. The van der Waals surface area contributed by atoms with Gasteiger partial charge in [0.2, 0.25) is 21.8 Å². The maximum absolute atomic E-state index is 14.0. The van der Waals surface area contributed by atoms with E-state index in [1.807, 2.05) is 91.0 Å². The van der Waals surface area contributed by atoms with Gasteiger partial charge in [0.25, 0.3) is 0 Å². The van der Waals surface area contributed by atoms with Gasteiger partial charge < -0.3 is 15.0 Å². The van der Waals surface area contributed by atoms with Gasteiger partial charge in [0.15, 0.2) is 0 Å². The number of nitrogens with zero attached hydrogens (tertiary/aromatic N) is 2. The molecular weight excluding hydrogens is 550 g/mol. The molecule has 1 N–H and O–H groups in total. The first-order valence-corrected chi connectivity index (χ1v) is 15.4. The van der Waals surface area contributed by atoms with Crippen molar-refractivity contribution >= 4 is 27.5 Å². The summed E-state index contributed by atoms with van der Waals surface area (Å²) in [4.78, 5) is 28.6. The first-order valence-electron chi connectivity index (χ1n) is 13.6. The van der Waals surface area contributed by atoms with Crippen LogP contribution in [-0.2, 0) is 39.2 Å². The second-order valence-electron chi connectivity index (χ2n) is 9.86. The zero-order valence-electron chi connectivity index (χ0n) is 23.7. The molecule has 42 heavy (non-hydrogen) atoms. The predicted molar refractivity (Wildman–Crippen MR) is 164 cm³/mol. The van der Waals surface area contributed by atoms with Gasteiger partial charge in [-0.25, -0.2) is 8.42 Å². The number of hydrogen-bond acceptors (Lipinski definition) is 5. The Balaban J connectivity index is 1.60. The lowest BCUT2D eigenvalue weighted by Crippen LogP contribution is -2.52. The molecule has 4 aromatic rings. The number of anilines is 1. The summed E-state index contributed by atoms with van der Waals surface area (Å²) in [5.41, 5.74) is 3.02. The molecule has 1 atom stereocenters. The molecule has 9 heteroatoms. The molecule has 4 aromatic carbocycles. The molecular formula is C33H35N3O5S. The maximum atomic E-state index is 14.0. The number of carbonyl (C=O) groups is 2. The highest BCUT2D eigenvalue weighted by atomic mass is 32.2. The second kappa shape index (κ2) is 14.3. The number of nitrogens with one attached hydrogen (secondary N) is 1. The van der Waals surface area contributed by atoms with E-state index in [0.717, 1.165) is 27.3 Å². The Labute approximate surface area is 247 Å². The van der Waals surface area contributed by atoms with Crippen LogP contribution in [0.5, 0.6) is 5.75 Å². The van der Waals surface area contributed by atoms with Crippen LogP contribution < -0.4 is 14.4 Å². The molecule has 2 amide bonds. The van der Waals surface area contributed by atoms with Crippen LogP contribution in [0.25, 0.3) is 0 Å². The van der Waals surface area contributed by atoms with E-state index in [9.17, 15) is 18.0 Å². The van der Waals surface area contributed by atoms with Gasteiger partial charge >= 0.3 is 0 Å². The molecule has 0 aliphatic rings. The van der Waals surface area contributed by atoms with Gasteiger partial charge in [-0.2, -0.15) is 0 Å². The summed E-state index contributed by atoms with van der Waals surface area (Å²) in [5.74, 6) is -0.275. The zero-order chi connectivity index (χ0) is 30.0. The average molecular weight is 586 g/mol. The lowest BCUT2D eigenvalue weighted by Gasteiger charge is -2.33. The van der Waals surface area contributed by atoms with Crippen molar-refractivity contribution in [3.8, 4) is 5.75 Å². The van der Waals surface area contributed by atoms with E-state index in [2.05, 4.69) is 5.32 Å². The van der Waals surface area contributed by atoms with Crippen molar-refractivity contribution < 1.29 is 22.7 Å². The number of amides is 2. The van der Waals surface area contributed by atoms with Crippen molar-refractivity contribution in [2.45, 2.75) is 25.6 Å². The number of sulfonamides is 1. The van der Waals surface area contributed by atoms with Gasteiger partial charge in [-0.3, -0.25) is 13.9 Å². The summed E-state index contributed by atoms with van der Waals surface area (Å²) in [7, 11) is -2.33. The minimum atomic E-state index is -3.85. The standard InChI is InChI=1S/C33H35N3O5S/c1-34-33(38)31(22-26-12-6-3-7-13-26)35(23-27-14-8-4-9-15-27)32(37)24-36(42(2,39)40)29-18-20-30(21-19-29)41-25-28-16-10-5-11-17-28/h3-21,31H,22-25H2,1-2H3,(H,34,38)/t31-/m0/s1. The van der Waals surface area contributed by atoms with Crippen molar-refractivity contribution in [2.75, 3.05) is 24.2 Å². The fraction of sp³-hybridized carbons (Fsp3) is 0.212. The van der Waals surface area contributed by atoms with Gasteiger partial charge in [0, 0.05) is 20.0 Å². The van der Waals surface area contributed by atoms with E-state index in [-0.39, 0.29) is 18.9 Å². The molecule has 0 bridgehead atoms. The van der Waals surface area contributed by atoms with Gasteiger partial charge in [0.05, 0.1) is 11.9 Å². The predicted octanol–water partition coefficient (Wildman–Crippen LogP) is 4.42. The fourth-order valence-corrected chi connectivity index (χ4v) is 5.41. The van der Waals surface area contributed by atoms with E-state index in [0.29, 0.717) is 18.0 Å². The Morgan fingerprint density at radius 3 is 1.81 bits per heavy atom. The molecule has 0 saturated heterocycles. The lowest BCUT2D eigenvalue weighted by molar-refractivity contribution is -0.139. The summed E-state index contributed by atoms with van der Waals surface area (Å²) >= 11 is 0. The molecule has 8 nitrogen and oxygen atoms in total. The van der Waals surface area contributed by atoms with Gasteiger partial charge in [-0.05, 0) is 41.0 Å². The van der Waals surface area contributed by atoms with Crippen molar-refractivity contribution in [1.29, 1.82) is 0 Å². The maximum Gasteiger partial charge on any atom is 0.244 e. The van der Waals surface area contributed by atoms with E-state index in [1.165, 1.54) is 11.9 Å².